The number of likely N-dealkylation sites (N-methyl/N-ethyl adjacent to an activating group) is 1. The molecule has 0 bridgehead atoms. The molecule has 3 aromatic heterocycles. The summed E-state index contributed by atoms with van der Waals surface area (Å²) in [5, 5.41) is 5.17. The zero-order chi connectivity index (χ0) is 29.1. The minimum atomic E-state index is -0.763. The number of carbonyl (C=O) groups excluding carboxylic acids is 1. The lowest BCUT2D eigenvalue weighted by atomic mass is 10.1. The predicted molar refractivity (Wildman–Crippen MR) is 157 cm³/mol. The van der Waals surface area contributed by atoms with Crippen LogP contribution in [0.25, 0.3) is 22.3 Å². The molecule has 0 radical (unpaired) electrons. The van der Waals surface area contributed by atoms with E-state index in [4.69, 9.17) is 20.6 Å². The van der Waals surface area contributed by atoms with Crippen molar-refractivity contribution in [1.29, 1.82) is 0 Å². The second kappa shape index (κ2) is 11.5. The van der Waals surface area contributed by atoms with Crippen molar-refractivity contribution in [2.24, 2.45) is 4.99 Å². The third-order valence-corrected chi connectivity index (χ3v) is 6.48. The van der Waals surface area contributed by atoms with Crippen LogP contribution in [0, 0.1) is 5.95 Å². The van der Waals surface area contributed by atoms with Gasteiger partial charge in [-0.25, -0.2) is 19.6 Å². The molecule has 3 heterocycles. The maximum absolute atomic E-state index is 15.3. The van der Waals surface area contributed by atoms with Gasteiger partial charge in [-0.1, -0.05) is 30.3 Å². The summed E-state index contributed by atoms with van der Waals surface area (Å²) in [5.41, 5.74) is 8.84. The fraction of sp³-hybridized carbons (Fsp3) is 0.200. The number of benzene rings is 2. The number of hydrogen-bond acceptors (Lipinski definition) is 8. The summed E-state index contributed by atoms with van der Waals surface area (Å²) in [6.45, 7) is 5.56. The van der Waals surface area contributed by atoms with E-state index in [1.807, 2.05) is 69.1 Å². The molecule has 0 fully saturated rings. The van der Waals surface area contributed by atoms with E-state index in [0.717, 1.165) is 12.0 Å². The molecule has 2 N–H and O–H groups in total. The second-order valence-electron chi connectivity index (χ2n) is 9.62. The number of pyridine rings is 1. The number of amidine groups is 1. The van der Waals surface area contributed by atoms with Gasteiger partial charge < -0.3 is 15.4 Å². The molecular weight excluding hydrogens is 523 g/mol. The number of halogens is 1. The number of aldehydes is 1. The van der Waals surface area contributed by atoms with Gasteiger partial charge in [0.1, 0.15) is 29.7 Å². The van der Waals surface area contributed by atoms with Gasteiger partial charge in [0.2, 0.25) is 11.8 Å². The maximum atomic E-state index is 15.3. The van der Waals surface area contributed by atoms with Gasteiger partial charge in [0.15, 0.2) is 11.9 Å². The number of rotatable bonds is 8. The van der Waals surface area contributed by atoms with Gasteiger partial charge in [0.25, 0.3) is 0 Å². The third kappa shape index (κ3) is 5.46. The van der Waals surface area contributed by atoms with Gasteiger partial charge in [0, 0.05) is 24.4 Å². The van der Waals surface area contributed by atoms with Crippen LogP contribution in [0.3, 0.4) is 0 Å². The van der Waals surface area contributed by atoms with Crippen LogP contribution >= 0.6 is 0 Å². The Kier molecular flexibility index (Phi) is 7.68. The molecule has 0 amide bonds. The Morgan fingerprint density at radius 3 is 2.49 bits per heavy atom. The van der Waals surface area contributed by atoms with E-state index >= 15 is 4.39 Å². The van der Waals surface area contributed by atoms with Crippen molar-refractivity contribution in [3.63, 3.8) is 0 Å². The Balaban J connectivity index is 1.69. The number of ether oxygens (including phenoxy) is 1. The number of aromatic nitrogens is 5. The van der Waals surface area contributed by atoms with Crippen molar-refractivity contribution in [2.45, 2.75) is 32.9 Å². The Hall–Kier alpha value is -5.19. The lowest BCUT2D eigenvalue weighted by molar-refractivity contribution is 0.112. The zero-order valence-electron chi connectivity index (χ0n) is 23.1. The SMILES string of the molecule is CC(C)Oc1ccc(-c2nn(C(C)/C(=N/c3ccccc3C=O)N(C)c3ccccc3)c3ncnc(N)c23)c(F)n1. The number of nitrogens with two attached hydrogens (primary N) is 1. The summed E-state index contributed by atoms with van der Waals surface area (Å²) in [5.74, 6) is 0.0978. The van der Waals surface area contributed by atoms with Gasteiger partial charge in [-0.15, -0.1) is 0 Å². The largest absolute Gasteiger partial charge is 0.475 e. The van der Waals surface area contributed by atoms with E-state index < -0.39 is 12.0 Å². The lowest BCUT2D eigenvalue weighted by Crippen LogP contribution is -2.34. The van der Waals surface area contributed by atoms with Crippen LogP contribution < -0.4 is 15.4 Å². The first-order chi connectivity index (χ1) is 19.8. The molecule has 0 aliphatic heterocycles. The first-order valence-electron chi connectivity index (χ1n) is 13.0. The second-order valence-corrected chi connectivity index (χ2v) is 9.62. The molecule has 11 heteroatoms. The minimum absolute atomic E-state index is 0.125. The van der Waals surface area contributed by atoms with Crippen LogP contribution in [0.4, 0.5) is 21.6 Å². The molecule has 10 nitrogen and oxygen atoms in total. The number of nitrogens with zero attached hydrogens (tertiary/aromatic N) is 7. The highest BCUT2D eigenvalue weighted by atomic mass is 19.1. The normalized spacial score (nSPS) is 12.5. The lowest BCUT2D eigenvalue weighted by Gasteiger charge is -2.26. The molecule has 0 saturated carbocycles. The fourth-order valence-electron chi connectivity index (χ4n) is 4.51. The number of anilines is 2. The van der Waals surface area contributed by atoms with Crippen LogP contribution in [-0.4, -0.2) is 50.0 Å². The monoisotopic (exact) mass is 552 g/mol. The molecule has 1 unspecified atom stereocenters. The first kappa shape index (κ1) is 27.4. The van der Waals surface area contributed by atoms with Gasteiger partial charge >= 0.3 is 0 Å². The Labute approximate surface area is 236 Å². The number of nitrogen functional groups attached to an aromatic ring is 1. The summed E-state index contributed by atoms with van der Waals surface area (Å²) < 4.78 is 22.5. The number of fused-ring (bicyclic) bond motifs is 1. The number of hydrogen-bond donors (Lipinski definition) is 1. The fourth-order valence-corrected chi connectivity index (χ4v) is 4.51. The highest BCUT2D eigenvalue weighted by Crippen LogP contribution is 2.34. The standard InChI is InChI=1S/C30H29FN8O2/c1-18(2)41-24-15-14-22(27(31)36-24)26-25-28(32)33-17-34-30(25)39(37-26)19(3)29(38(4)21-11-6-5-7-12-21)35-23-13-9-8-10-20(23)16-40/h5-19H,1-4H3,(H2,32,33,34)/b35-29-. The van der Waals surface area contributed by atoms with E-state index in [1.54, 1.807) is 35.0 Å². The number of aliphatic imine (C=N–C) groups is 1. The summed E-state index contributed by atoms with van der Waals surface area (Å²) >= 11 is 0. The molecule has 2 aromatic carbocycles. The Bertz CT molecular complexity index is 1740. The van der Waals surface area contributed by atoms with Crippen molar-refractivity contribution < 1.29 is 13.9 Å². The number of carbonyl (C=O) groups is 1. The topological polar surface area (TPSA) is 124 Å². The molecule has 41 heavy (non-hydrogen) atoms. The van der Waals surface area contributed by atoms with Crippen LogP contribution in [-0.2, 0) is 0 Å². The van der Waals surface area contributed by atoms with Crippen molar-refractivity contribution in [3.05, 3.63) is 84.6 Å². The molecule has 5 rings (SSSR count). The van der Waals surface area contributed by atoms with E-state index in [2.05, 4.69) is 15.0 Å². The van der Waals surface area contributed by atoms with Crippen molar-refractivity contribution in [2.75, 3.05) is 17.7 Å². The van der Waals surface area contributed by atoms with Crippen molar-refractivity contribution >= 4 is 40.3 Å². The van der Waals surface area contributed by atoms with Crippen molar-refractivity contribution in [1.82, 2.24) is 24.7 Å². The molecule has 0 aliphatic rings. The van der Waals surface area contributed by atoms with E-state index in [9.17, 15) is 4.79 Å². The van der Waals surface area contributed by atoms with Gasteiger partial charge in [-0.3, -0.25) is 4.79 Å². The van der Waals surface area contributed by atoms with Gasteiger partial charge in [-0.05, 0) is 51.1 Å². The smallest absolute Gasteiger partial charge is 0.225 e. The quantitative estimate of drug-likeness (QED) is 0.114. The maximum Gasteiger partial charge on any atom is 0.225 e. The highest BCUT2D eigenvalue weighted by Gasteiger charge is 2.27. The van der Waals surface area contributed by atoms with Crippen LogP contribution in [0.1, 0.15) is 37.2 Å². The summed E-state index contributed by atoms with van der Waals surface area (Å²) in [7, 11) is 1.88. The average Bonchev–Trinajstić information content (AvgIpc) is 3.36. The van der Waals surface area contributed by atoms with E-state index in [0.29, 0.717) is 28.1 Å². The van der Waals surface area contributed by atoms with Crippen LogP contribution in [0.15, 0.2) is 78.0 Å². The predicted octanol–water partition coefficient (Wildman–Crippen LogP) is 5.64. The first-order valence-corrected chi connectivity index (χ1v) is 13.0. The molecule has 0 spiro atoms. The van der Waals surface area contributed by atoms with E-state index in [-0.39, 0.29) is 29.1 Å². The zero-order valence-corrected chi connectivity index (χ0v) is 23.1. The van der Waals surface area contributed by atoms with Crippen molar-refractivity contribution in [3.8, 4) is 17.1 Å². The molecule has 0 saturated heterocycles. The summed E-state index contributed by atoms with van der Waals surface area (Å²) in [4.78, 5) is 31.2. The molecule has 208 valence electrons. The number of para-hydroxylation sites is 2. The summed E-state index contributed by atoms with van der Waals surface area (Å²) in [6, 6.07) is 19.3. The minimum Gasteiger partial charge on any atom is -0.475 e. The Morgan fingerprint density at radius 1 is 1.05 bits per heavy atom. The molecule has 1 atom stereocenters. The molecule has 5 aromatic rings. The van der Waals surface area contributed by atoms with E-state index in [1.165, 1.54) is 6.33 Å². The molecule has 0 aliphatic carbocycles. The van der Waals surface area contributed by atoms with Crippen LogP contribution in [0.5, 0.6) is 5.88 Å². The summed E-state index contributed by atoms with van der Waals surface area (Å²) in [6.07, 6.45) is 1.93. The Morgan fingerprint density at radius 2 is 1.78 bits per heavy atom. The van der Waals surface area contributed by atoms with Crippen LogP contribution in [0.2, 0.25) is 0 Å². The third-order valence-electron chi connectivity index (χ3n) is 6.48. The highest BCUT2D eigenvalue weighted by molar-refractivity contribution is 6.04. The molecular formula is C30H29FN8O2. The average molecular weight is 553 g/mol. The van der Waals surface area contributed by atoms with Gasteiger partial charge in [0.05, 0.1) is 22.7 Å². The van der Waals surface area contributed by atoms with Gasteiger partial charge in [-0.2, -0.15) is 14.5 Å².